The molecule has 0 fully saturated rings. The first-order valence-corrected chi connectivity index (χ1v) is 8.09. The van der Waals surface area contributed by atoms with Gasteiger partial charge in [-0.15, -0.1) is 0 Å². The molecule has 4 nitrogen and oxygen atoms in total. The monoisotopic (exact) mass is 329 g/mol. The normalized spacial score (nSPS) is 10.8. The SMILES string of the molecule is CCOc1cc(N(CCBr)C(CC)CC)nc(C)n1. The van der Waals surface area contributed by atoms with E-state index in [4.69, 9.17) is 4.74 Å². The fourth-order valence-corrected chi connectivity index (χ4v) is 2.58. The summed E-state index contributed by atoms with van der Waals surface area (Å²) in [6.45, 7) is 9.87. The van der Waals surface area contributed by atoms with E-state index < -0.39 is 0 Å². The zero-order valence-corrected chi connectivity index (χ0v) is 13.9. The molecule has 1 heterocycles. The van der Waals surface area contributed by atoms with Crippen molar-refractivity contribution in [1.82, 2.24) is 9.97 Å². The van der Waals surface area contributed by atoms with Crippen molar-refractivity contribution < 1.29 is 4.74 Å². The molecule has 0 N–H and O–H groups in total. The second-order valence-electron chi connectivity index (χ2n) is 4.40. The lowest BCUT2D eigenvalue weighted by atomic mass is 10.1. The number of hydrogen-bond acceptors (Lipinski definition) is 4. The number of anilines is 1. The summed E-state index contributed by atoms with van der Waals surface area (Å²) in [7, 11) is 0. The van der Waals surface area contributed by atoms with Crippen LogP contribution in [0.1, 0.15) is 39.4 Å². The van der Waals surface area contributed by atoms with Crippen LogP contribution >= 0.6 is 15.9 Å². The Balaban J connectivity index is 3.06. The Kier molecular flexibility index (Phi) is 7.13. The van der Waals surface area contributed by atoms with Gasteiger partial charge in [-0.3, -0.25) is 0 Å². The van der Waals surface area contributed by atoms with Gasteiger partial charge in [-0.05, 0) is 26.7 Å². The van der Waals surface area contributed by atoms with Gasteiger partial charge < -0.3 is 9.64 Å². The lowest BCUT2D eigenvalue weighted by molar-refractivity contribution is 0.325. The smallest absolute Gasteiger partial charge is 0.218 e. The van der Waals surface area contributed by atoms with Gasteiger partial charge in [-0.1, -0.05) is 29.8 Å². The summed E-state index contributed by atoms with van der Waals surface area (Å²) < 4.78 is 5.51. The first kappa shape index (κ1) is 16.2. The zero-order chi connectivity index (χ0) is 14.3. The van der Waals surface area contributed by atoms with E-state index in [0.29, 0.717) is 18.5 Å². The predicted octanol–water partition coefficient (Wildman–Crippen LogP) is 3.57. The molecule has 0 aliphatic carbocycles. The molecule has 0 saturated carbocycles. The molecule has 0 saturated heterocycles. The molecule has 0 aliphatic heterocycles. The van der Waals surface area contributed by atoms with Gasteiger partial charge in [0.05, 0.1) is 6.61 Å². The lowest BCUT2D eigenvalue weighted by Gasteiger charge is -2.31. The number of ether oxygens (including phenoxy) is 1. The molecule has 1 rings (SSSR count). The third-order valence-corrected chi connectivity index (χ3v) is 3.45. The first-order valence-electron chi connectivity index (χ1n) is 6.97. The van der Waals surface area contributed by atoms with Gasteiger partial charge in [-0.25, -0.2) is 4.98 Å². The molecule has 0 spiro atoms. The highest BCUT2D eigenvalue weighted by Crippen LogP contribution is 2.22. The van der Waals surface area contributed by atoms with Crippen LogP contribution in [0, 0.1) is 6.92 Å². The van der Waals surface area contributed by atoms with E-state index >= 15 is 0 Å². The average Bonchev–Trinajstić information content (AvgIpc) is 2.38. The molecule has 0 radical (unpaired) electrons. The van der Waals surface area contributed by atoms with Gasteiger partial charge in [-0.2, -0.15) is 4.98 Å². The minimum atomic E-state index is 0.501. The Hall–Kier alpha value is -0.840. The van der Waals surface area contributed by atoms with Gasteiger partial charge in [0.15, 0.2) is 0 Å². The van der Waals surface area contributed by atoms with E-state index in [2.05, 4.69) is 44.6 Å². The molecular formula is C14H24BrN3O. The number of alkyl halides is 1. The number of hydrogen-bond donors (Lipinski definition) is 0. The molecule has 0 aromatic carbocycles. The van der Waals surface area contributed by atoms with Crippen LogP contribution in [-0.2, 0) is 0 Å². The van der Waals surface area contributed by atoms with E-state index in [1.54, 1.807) is 0 Å². The van der Waals surface area contributed by atoms with E-state index in [-0.39, 0.29) is 0 Å². The summed E-state index contributed by atoms with van der Waals surface area (Å²) in [4.78, 5) is 11.2. The van der Waals surface area contributed by atoms with Crippen molar-refractivity contribution >= 4 is 21.7 Å². The van der Waals surface area contributed by atoms with Gasteiger partial charge in [0.25, 0.3) is 0 Å². The topological polar surface area (TPSA) is 38.2 Å². The van der Waals surface area contributed by atoms with E-state index in [1.807, 2.05) is 19.9 Å². The largest absolute Gasteiger partial charge is 0.478 e. The van der Waals surface area contributed by atoms with Gasteiger partial charge in [0, 0.05) is 24.0 Å². The minimum Gasteiger partial charge on any atom is -0.478 e. The molecular weight excluding hydrogens is 306 g/mol. The maximum Gasteiger partial charge on any atom is 0.218 e. The molecule has 0 amide bonds. The molecule has 0 atom stereocenters. The highest BCUT2D eigenvalue weighted by atomic mass is 79.9. The van der Waals surface area contributed by atoms with E-state index in [1.165, 1.54) is 0 Å². The first-order chi connectivity index (χ1) is 9.15. The van der Waals surface area contributed by atoms with Crippen LogP contribution in [-0.4, -0.2) is 34.5 Å². The lowest BCUT2D eigenvalue weighted by Crippen LogP contribution is -2.36. The Morgan fingerprint density at radius 3 is 2.47 bits per heavy atom. The van der Waals surface area contributed by atoms with Crippen LogP contribution in [0.15, 0.2) is 6.07 Å². The van der Waals surface area contributed by atoms with Crippen molar-refractivity contribution in [2.24, 2.45) is 0 Å². The maximum atomic E-state index is 5.51. The van der Waals surface area contributed by atoms with Crippen LogP contribution < -0.4 is 9.64 Å². The second kappa shape index (κ2) is 8.35. The average molecular weight is 330 g/mol. The van der Waals surface area contributed by atoms with Crippen molar-refractivity contribution in [3.63, 3.8) is 0 Å². The van der Waals surface area contributed by atoms with Gasteiger partial charge in [0.1, 0.15) is 11.6 Å². The summed E-state index contributed by atoms with van der Waals surface area (Å²) in [5.74, 6) is 2.38. The predicted molar refractivity (Wildman–Crippen MR) is 83.4 cm³/mol. The highest BCUT2D eigenvalue weighted by Gasteiger charge is 2.17. The second-order valence-corrected chi connectivity index (χ2v) is 5.19. The molecule has 0 aliphatic rings. The van der Waals surface area contributed by atoms with Gasteiger partial charge >= 0.3 is 0 Å². The molecule has 19 heavy (non-hydrogen) atoms. The fourth-order valence-electron chi connectivity index (χ4n) is 2.20. The number of aromatic nitrogens is 2. The number of nitrogens with zero attached hydrogens (tertiary/aromatic N) is 3. The van der Waals surface area contributed by atoms with E-state index in [9.17, 15) is 0 Å². The Morgan fingerprint density at radius 1 is 1.26 bits per heavy atom. The minimum absolute atomic E-state index is 0.501. The van der Waals surface area contributed by atoms with Crippen LogP contribution in [0.4, 0.5) is 5.82 Å². The molecule has 1 aromatic heterocycles. The van der Waals surface area contributed by atoms with Crippen molar-refractivity contribution in [2.45, 2.75) is 46.6 Å². The third kappa shape index (κ3) is 4.64. The summed E-state index contributed by atoms with van der Waals surface area (Å²) in [5, 5.41) is 0.927. The van der Waals surface area contributed by atoms with Crippen LogP contribution in [0.3, 0.4) is 0 Å². The standard InChI is InChI=1S/C14H24BrN3O/c1-5-12(6-2)18(9-8-15)13-10-14(19-7-3)17-11(4)16-13/h10,12H,5-9H2,1-4H3. The summed E-state index contributed by atoms with van der Waals surface area (Å²) in [6, 6.07) is 2.44. The Labute approximate surface area is 124 Å². The van der Waals surface area contributed by atoms with E-state index in [0.717, 1.165) is 36.4 Å². The van der Waals surface area contributed by atoms with Crippen molar-refractivity contribution in [3.05, 3.63) is 11.9 Å². The summed E-state index contributed by atoms with van der Waals surface area (Å²) in [6.07, 6.45) is 2.22. The zero-order valence-electron chi connectivity index (χ0n) is 12.3. The summed E-state index contributed by atoms with van der Waals surface area (Å²) >= 11 is 3.53. The summed E-state index contributed by atoms with van der Waals surface area (Å²) in [5.41, 5.74) is 0. The molecule has 108 valence electrons. The molecule has 5 heteroatoms. The number of halogens is 1. The van der Waals surface area contributed by atoms with Crippen LogP contribution in [0.25, 0.3) is 0 Å². The number of rotatable bonds is 8. The maximum absolute atomic E-state index is 5.51. The molecule has 1 aromatic rings. The Bertz CT molecular complexity index is 383. The van der Waals surface area contributed by atoms with Crippen molar-refractivity contribution in [1.29, 1.82) is 0 Å². The van der Waals surface area contributed by atoms with Crippen LogP contribution in [0.2, 0.25) is 0 Å². The van der Waals surface area contributed by atoms with Crippen LogP contribution in [0.5, 0.6) is 5.88 Å². The third-order valence-electron chi connectivity index (χ3n) is 3.10. The highest BCUT2D eigenvalue weighted by molar-refractivity contribution is 9.09. The fraction of sp³-hybridized carbons (Fsp3) is 0.714. The Morgan fingerprint density at radius 2 is 1.95 bits per heavy atom. The van der Waals surface area contributed by atoms with Crippen molar-refractivity contribution in [2.75, 3.05) is 23.4 Å². The molecule has 0 unspecified atom stereocenters. The van der Waals surface area contributed by atoms with Gasteiger partial charge in [0.2, 0.25) is 5.88 Å². The van der Waals surface area contributed by atoms with Crippen molar-refractivity contribution in [3.8, 4) is 5.88 Å². The quantitative estimate of drug-likeness (QED) is 0.683. The molecule has 0 bridgehead atoms. The number of aryl methyl sites for hydroxylation is 1.